The first kappa shape index (κ1) is 33.4. The van der Waals surface area contributed by atoms with Crippen LogP contribution < -0.4 is 0 Å². The fraction of sp³-hybridized carbons (Fsp3) is 0.944. The Kier molecular flexibility index (Phi) is 12.5. The van der Waals surface area contributed by atoms with E-state index in [0.717, 1.165) is 90.4 Å². The molecule has 4 atom stereocenters. The quantitative estimate of drug-likeness (QED) is 0.157. The minimum atomic E-state index is -0.361. The Bertz CT molecular complexity index is 749. The van der Waals surface area contributed by atoms with Crippen LogP contribution in [-0.4, -0.2) is 47.8 Å². The molecule has 1 saturated carbocycles. The number of carbonyl (C=O) groups is 2. The van der Waals surface area contributed by atoms with E-state index in [1.807, 2.05) is 0 Å². The number of nitrogens with zero attached hydrogens (tertiary/aromatic N) is 2. The van der Waals surface area contributed by atoms with Crippen LogP contribution in [0.5, 0.6) is 0 Å². The lowest BCUT2D eigenvalue weighted by Crippen LogP contribution is -2.56. The van der Waals surface area contributed by atoms with Crippen molar-refractivity contribution in [2.75, 3.05) is 26.2 Å². The first-order valence-electron chi connectivity index (χ1n) is 17.9. The van der Waals surface area contributed by atoms with Crippen molar-refractivity contribution in [2.45, 2.75) is 170 Å². The van der Waals surface area contributed by atoms with Gasteiger partial charge in [-0.15, -0.1) is 0 Å². The zero-order valence-corrected chi connectivity index (χ0v) is 27.7. The lowest BCUT2D eigenvalue weighted by molar-refractivity contribution is -0.158. The van der Waals surface area contributed by atoms with E-state index in [0.29, 0.717) is 11.8 Å². The summed E-state index contributed by atoms with van der Waals surface area (Å²) in [4.78, 5) is 34.1. The van der Waals surface area contributed by atoms with Crippen molar-refractivity contribution in [1.29, 1.82) is 0 Å². The standard InChI is InChI=1S/C36H66N2O2/c1-7-13-17-19-26-37-29-33(11-5,22-15-9-3)35(31(37)39)24-21-25-36(28-35)32(40)38(27-20-18-14-8-2)30-34(36,12-6)23-16-10-4/h7-30H2,1-6H3. The third kappa shape index (κ3) is 6.03. The first-order chi connectivity index (χ1) is 19.3. The van der Waals surface area contributed by atoms with Crippen LogP contribution in [0.4, 0.5) is 0 Å². The third-order valence-corrected chi connectivity index (χ3v) is 12.2. The molecule has 0 N–H and O–H groups in total. The molecule has 0 aromatic carbocycles. The summed E-state index contributed by atoms with van der Waals surface area (Å²) in [7, 11) is 0. The number of hydrogen-bond donors (Lipinski definition) is 0. The Labute approximate surface area is 248 Å². The summed E-state index contributed by atoms with van der Waals surface area (Å²) in [6.45, 7) is 17.5. The lowest BCUT2D eigenvalue weighted by atomic mass is 9.45. The summed E-state index contributed by atoms with van der Waals surface area (Å²) >= 11 is 0. The van der Waals surface area contributed by atoms with Gasteiger partial charge < -0.3 is 9.80 Å². The van der Waals surface area contributed by atoms with Crippen LogP contribution in [0.3, 0.4) is 0 Å². The zero-order valence-electron chi connectivity index (χ0n) is 27.7. The van der Waals surface area contributed by atoms with Crippen molar-refractivity contribution in [3.63, 3.8) is 0 Å². The van der Waals surface area contributed by atoms with Gasteiger partial charge in [0.2, 0.25) is 11.8 Å². The molecule has 0 aromatic rings. The maximum absolute atomic E-state index is 14.8. The average molecular weight is 559 g/mol. The van der Waals surface area contributed by atoms with E-state index in [-0.39, 0.29) is 21.7 Å². The fourth-order valence-electron chi connectivity index (χ4n) is 9.63. The van der Waals surface area contributed by atoms with Crippen molar-refractivity contribution < 1.29 is 9.59 Å². The molecule has 2 amide bonds. The smallest absolute Gasteiger partial charge is 0.229 e. The highest BCUT2D eigenvalue weighted by atomic mass is 16.2. The van der Waals surface area contributed by atoms with Gasteiger partial charge in [-0.1, -0.05) is 112 Å². The SMILES string of the molecule is CCCCCCN1CC(CC)(CCCC)C2(CCCC3(C2)C(=O)N(CCCCCC)CC3(CC)CCCC)C1=O. The van der Waals surface area contributed by atoms with Crippen LogP contribution in [0.25, 0.3) is 0 Å². The molecule has 2 spiro atoms. The molecule has 0 radical (unpaired) electrons. The lowest BCUT2D eigenvalue weighted by Gasteiger charge is -2.55. The molecule has 0 bridgehead atoms. The summed E-state index contributed by atoms with van der Waals surface area (Å²) in [5, 5.41) is 0. The van der Waals surface area contributed by atoms with Gasteiger partial charge in [0.25, 0.3) is 0 Å². The fourth-order valence-corrected chi connectivity index (χ4v) is 9.63. The van der Waals surface area contributed by atoms with Gasteiger partial charge in [0.1, 0.15) is 0 Å². The molecular formula is C36H66N2O2. The van der Waals surface area contributed by atoms with Crippen molar-refractivity contribution in [3.8, 4) is 0 Å². The van der Waals surface area contributed by atoms with E-state index < -0.39 is 0 Å². The molecule has 2 aliphatic heterocycles. The minimum Gasteiger partial charge on any atom is -0.342 e. The third-order valence-electron chi connectivity index (χ3n) is 12.2. The highest BCUT2D eigenvalue weighted by Gasteiger charge is 2.71. The van der Waals surface area contributed by atoms with Crippen molar-refractivity contribution in [2.24, 2.45) is 21.7 Å². The maximum atomic E-state index is 14.8. The van der Waals surface area contributed by atoms with E-state index in [2.05, 4.69) is 51.3 Å². The molecule has 2 heterocycles. The average Bonchev–Trinajstić information content (AvgIpc) is 3.32. The Morgan fingerprint density at radius 3 is 1.30 bits per heavy atom. The number of likely N-dealkylation sites (tertiary alicyclic amines) is 2. The molecule has 3 aliphatic rings. The number of rotatable bonds is 18. The summed E-state index contributed by atoms with van der Waals surface area (Å²) in [5.41, 5.74) is -0.699. The molecule has 40 heavy (non-hydrogen) atoms. The van der Waals surface area contributed by atoms with E-state index >= 15 is 0 Å². The predicted octanol–water partition coefficient (Wildman–Crippen LogP) is 9.55. The van der Waals surface area contributed by atoms with E-state index in [1.54, 1.807) is 0 Å². The Hall–Kier alpha value is -1.06. The second-order valence-electron chi connectivity index (χ2n) is 14.2. The summed E-state index contributed by atoms with van der Waals surface area (Å²) in [6.07, 6.45) is 22.6. The largest absolute Gasteiger partial charge is 0.342 e. The van der Waals surface area contributed by atoms with Crippen LogP contribution in [0.1, 0.15) is 170 Å². The maximum Gasteiger partial charge on any atom is 0.229 e. The van der Waals surface area contributed by atoms with Crippen LogP contribution >= 0.6 is 0 Å². The van der Waals surface area contributed by atoms with E-state index in [9.17, 15) is 9.59 Å². The second-order valence-corrected chi connectivity index (χ2v) is 14.2. The summed E-state index contributed by atoms with van der Waals surface area (Å²) in [5.74, 6) is 0.853. The van der Waals surface area contributed by atoms with Crippen LogP contribution in [0.2, 0.25) is 0 Å². The first-order valence-corrected chi connectivity index (χ1v) is 17.9. The highest BCUT2D eigenvalue weighted by Crippen LogP contribution is 2.69. The van der Waals surface area contributed by atoms with Crippen molar-refractivity contribution in [3.05, 3.63) is 0 Å². The van der Waals surface area contributed by atoms with E-state index in [4.69, 9.17) is 0 Å². The van der Waals surface area contributed by atoms with Crippen LogP contribution in [0.15, 0.2) is 0 Å². The molecule has 4 nitrogen and oxygen atoms in total. The summed E-state index contributed by atoms with van der Waals surface area (Å²) in [6, 6.07) is 0. The molecule has 4 unspecified atom stereocenters. The van der Waals surface area contributed by atoms with Gasteiger partial charge >= 0.3 is 0 Å². The van der Waals surface area contributed by atoms with Crippen molar-refractivity contribution >= 4 is 11.8 Å². The number of hydrogen-bond acceptors (Lipinski definition) is 2. The van der Waals surface area contributed by atoms with Crippen LogP contribution in [-0.2, 0) is 9.59 Å². The predicted molar refractivity (Wildman–Crippen MR) is 169 cm³/mol. The highest BCUT2D eigenvalue weighted by molar-refractivity contribution is 5.91. The second kappa shape index (κ2) is 14.9. The molecular weight excluding hydrogens is 492 g/mol. The van der Waals surface area contributed by atoms with Gasteiger partial charge in [-0.05, 0) is 57.8 Å². The molecule has 2 saturated heterocycles. The Balaban J connectivity index is 2.03. The molecule has 3 rings (SSSR count). The van der Waals surface area contributed by atoms with Gasteiger partial charge in [0, 0.05) is 37.0 Å². The molecule has 1 aliphatic carbocycles. The van der Waals surface area contributed by atoms with Crippen LogP contribution in [0, 0.1) is 21.7 Å². The summed E-state index contributed by atoms with van der Waals surface area (Å²) < 4.78 is 0. The normalized spacial score (nSPS) is 32.4. The molecule has 232 valence electrons. The minimum absolute atomic E-state index is 0.0112. The molecule has 3 fully saturated rings. The van der Waals surface area contributed by atoms with Crippen molar-refractivity contribution in [1.82, 2.24) is 9.80 Å². The Morgan fingerprint density at radius 2 is 0.950 bits per heavy atom. The number of amides is 2. The van der Waals surface area contributed by atoms with Gasteiger partial charge in [-0.25, -0.2) is 0 Å². The Morgan fingerprint density at radius 1 is 0.550 bits per heavy atom. The monoisotopic (exact) mass is 559 g/mol. The van der Waals surface area contributed by atoms with Gasteiger partial charge in [0.05, 0.1) is 10.8 Å². The van der Waals surface area contributed by atoms with Gasteiger partial charge in [-0.2, -0.15) is 0 Å². The number of carbonyl (C=O) groups excluding carboxylic acids is 2. The molecule has 0 aromatic heterocycles. The van der Waals surface area contributed by atoms with Gasteiger partial charge in [-0.3, -0.25) is 9.59 Å². The van der Waals surface area contributed by atoms with Gasteiger partial charge in [0.15, 0.2) is 0 Å². The molecule has 4 heteroatoms. The number of unbranched alkanes of at least 4 members (excludes halogenated alkanes) is 8. The zero-order chi connectivity index (χ0) is 29.3. The van der Waals surface area contributed by atoms with E-state index in [1.165, 1.54) is 64.2 Å². The topological polar surface area (TPSA) is 40.6 Å².